The summed E-state index contributed by atoms with van der Waals surface area (Å²) in [6.07, 6.45) is 3.87. The number of aromatic nitrogens is 2. The van der Waals surface area contributed by atoms with Gasteiger partial charge in [-0.3, -0.25) is 4.79 Å². The zero-order valence-electron chi connectivity index (χ0n) is 10.7. The molecule has 1 aromatic heterocycles. The smallest absolute Gasteiger partial charge is 0.227 e. The van der Waals surface area contributed by atoms with Crippen LogP contribution in [0, 0.1) is 6.92 Å². The molecule has 2 aromatic rings. The van der Waals surface area contributed by atoms with E-state index in [-0.39, 0.29) is 5.91 Å². The van der Waals surface area contributed by atoms with Crippen molar-refractivity contribution in [3.05, 3.63) is 53.6 Å². The van der Waals surface area contributed by atoms with Crippen molar-refractivity contribution in [2.24, 2.45) is 0 Å². The number of hydrogen-bond acceptors (Lipinski definition) is 2. The topological polar surface area (TPSA) is 49.0 Å². The lowest BCUT2D eigenvalue weighted by atomic mass is 10.1. The van der Waals surface area contributed by atoms with Crippen LogP contribution < -0.4 is 0 Å². The first kappa shape index (κ1) is 12.4. The van der Waals surface area contributed by atoms with Crippen LogP contribution in [-0.4, -0.2) is 27.8 Å². The van der Waals surface area contributed by atoms with E-state index in [2.05, 4.69) is 9.97 Å². The number of rotatable bonds is 4. The standard InChI is InChI=1S/C14H17N3O/c1-11-3-5-12(6-4-11)9-14(18)17(2)10-13-15-7-8-16-13/h3-8H,9-10H2,1-2H3,(H,15,16). The number of hydrogen-bond donors (Lipinski definition) is 1. The quantitative estimate of drug-likeness (QED) is 0.891. The molecule has 2 rings (SSSR count). The Balaban J connectivity index is 1.93. The van der Waals surface area contributed by atoms with Gasteiger partial charge in [0, 0.05) is 19.4 Å². The number of aryl methyl sites for hydroxylation is 1. The summed E-state index contributed by atoms with van der Waals surface area (Å²) in [5.74, 6) is 0.894. The fraction of sp³-hybridized carbons (Fsp3) is 0.286. The van der Waals surface area contributed by atoms with E-state index in [1.54, 1.807) is 24.3 Å². The molecule has 4 nitrogen and oxygen atoms in total. The summed E-state index contributed by atoms with van der Waals surface area (Å²) in [6.45, 7) is 2.55. The van der Waals surface area contributed by atoms with Gasteiger partial charge in [0.05, 0.1) is 13.0 Å². The second kappa shape index (κ2) is 5.49. The predicted molar refractivity (Wildman–Crippen MR) is 69.9 cm³/mol. The number of nitrogens with one attached hydrogen (secondary N) is 1. The van der Waals surface area contributed by atoms with Gasteiger partial charge in [-0.1, -0.05) is 29.8 Å². The molecule has 0 radical (unpaired) electrons. The molecule has 94 valence electrons. The van der Waals surface area contributed by atoms with E-state index >= 15 is 0 Å². The van der Waals surface area contributed by atoms with Crippen LogP contribution in [0.5, 0.6) is 0 Å². The number of carbonyl (C=O) groups excluding carboxylic acids is 1. The Morgan fingerprint density at radius 1 is 1.33 bits per heavy atom. The Bertz CT molecular complexity index is 502. The maximum Gasteiger partial charge on any atom is 0.227 e. The number of imidazole rings is 1. The first-order chi connectivity index (χ1) is 8.65. The highest BCUT2D eigenvalue weighted by atomic mass is 16.2. The maximum absolute atomic E-state index is 12.0. The molecule has 4 heteroatoms. The summed E-state index contributed by atoms with van der Waals surface area (Å²) < 4.78 is 0. The zero-order chi connectivity index (χ0) is 13.0. The van der Waals surface area contributed by atoms with Crippen molar-refractivity contribution in [3.8, 4) is 0 Å². The third kappa shape index (κ3) is 3.20. The Labute approximate surface area is 107 Å². The van der Waals surface area contributed by atoms with E-state index in [0.29, 0.717) is 13.0 Å². The minimum atomic E-state index is 0.0928. The van der Waals surface area contributed by atoms with Crippen molar-refractivity contribution in [2.45, 2.75) is 19.9 Å². The lowest BCUT2D eigenvalue weighted by Gasteiger charge is -2.15. The van der Waals surface area contributed by atoms with Gasteiger partial charge in [-0.15, -0.1) is 0 Å². The number of carbonyl (C=O) groups is 1. The summed E-state index contributed by atoms with van der Waals surface area (Å²) >= 11 is 0. The van der Waals surface area contributed by atoms with Crippen molar-refractivity contribution in [3.63, 3.8) is 0 Å². The van der Waals surface area contributed by atoms with E-state index in [1.807, 2.05) is 31.2 Å². The van der Waals surface area contributed by atoms with Crippen molar-refractivity contribution >= 4 is 5.91 Å². The van der Waals surface area contributed by atoms with E-state index in [1.165, 1.54) is 5.56 Å². The molecular weight excluding hydrogens is 226 g/mol. The summed E-state index contributed by atoms with van der Waals surface area (Å²) in [6, 6.07) is 8.03. The number of benzene rings is 1. The van der Waals surface area contributed by atoms with Gasteiger partial charge in [0.1, 0.15) is 5.82 Å². The average Bonchev–Trinajstić information content (AvgIpc) is 2.85. The SMILES string of the molecule is Cc1ccc(CC(=O)N(C)Cc2ncc[nH]2)cc1. The van der Waals surface area contributed by atoms with Crippen LogP contribution in [0.15, 0.2) is 36.7 Å². The second-order valence-electron chi connectivity index (χ2n) is 4.45. The number of H-pyrrole nitrogens is 1. The van der Waals surface area contributed by atoms with Crippen LogP contribution in [0.3, 0.4) is 0 Å². The van der Waals surface area contributed by atoms with E-state index in [0.717, 1.165) is 11.4 Å². The molecule has 1 amide bonds. The summed E-state index contributed by atoms with van der Waals surface area (Å²) in [7, 11) is 1.79. The Hall–Kier alpha value is -2.10. The molecule has 0 aliphatic rings. The van der Waals surface area contributed by atoms with Gasteiger partial charge in [0.25, 0.3) is 0 Å². The first-order valence-corrected chi connectivity index (χ1v) is 5.93. The average molecular weight is 243 g/mol. The van der Waals surface area contributed by atoms with Crippen molar-refractivity contribution < 1.29 is 4.79 Å². The monoisotopic (exact) mass is 243 g/mol. The normalized spacial score (nSPS) is 10.3. The second-order valence-corrected chi connectivity index (χ2v) is 4.45. The molecule has 0 aliphatic heterocycles. The van der Waals surface area contributed by atoms with Gasteiger partial charge in [0.15, 0.2) is 0 Å². The molecule has 0 saturated heterocycles. The Morgan fingerprint density at radius 2 is 2.06 bits per heavy atom. The highest BCUT2D eigenvalue weighted by Crippen LogP contribution is 2.06. The van der Waals surface area contributed by atoms with Gasteiger partial charge in [-0.2, -0.15) is 0 Å². The minimum Gasteiger partial charge on any atom is -0.347 e. The van der Waals surface area contributed by atoms with E-state index in [9.17, 15) is 4.79 Å². The molecule has 0 atom stereocenters. The zero-order valence-corrected chi connectivity index (χ0v) is 10.7. The highest BCUT2D eigenvalue weighted by molar-refractivity contribution is 5.78. The number of aromatic amines is 1. The van der Waals surface area contributed by atoms with Crippen LogP contribution in [-0.2, 0) is 17.8 Å². The number of likely N-dealkylation sites (N-methyl/N-ethyl adjacent to an activating group) is 1. The Morgan fingerprint density at radius 3 is 2.67 bits per heavy atom. The van der Waals surface area contributed by atoms with Crippen LogP contribution in [0.1, 0.15) is 17.0 Å². The maximum atomic E-state index is 12.0. The van der Waals surface area contributed by atoms with Crippen LogP contribution >= 0.6 is 0 Å². The fourth-order valence-corrected chi connectivity index (χ4v) is 1.71. The summed E-state index contributed by atoms with van der Waals surface area (Å²) in [5, 5.41) is 0. The van der Waals surface area contributed by atoms with E-state index in [4.69, 9.17) is 0 Å². The molecule has 0 unspecified atom stereocenters. The largest absolute Gasteiger partial charge is 0.347 e. The lowest BCUT2D eigenvalue weighted by Crippen LogP contribution is -2.28. The summed E-state index contributed by atoms with van der Waals surface area (Å²) in [4.78, 5) is 20.8. The van der Waals surface area contributed by atoms with Gasteiger partial charge in [-0.05, 0) is 12.5 Å². The van der Waals surface area contributed by atoms with Gasteiger partial charge < -0.3 is 9.88 Å². The molecule has 0 spiro atoms. The predicted octanol–water partition coefficient (Wildman–Crippen LogP) is 1.92. The van der Waals surface area contributed by atoms with E-state index < -0.39 is 0 Å². The molecule has 1 aromatic carbocycles. The number of amides is 1. The molecular formula is C14H17N3O. The lowest BCUT2D eigenvalue weighted by molar-refractivity contribution is -0.129. The molecule has 0 aliphatic carbocycles. The van der Waals surface area contributed by atoms with Crippen LogP contribution in [0.4, 0.5) is 0 Å². The molecule has 0 fully saturated rings. The van der Waals surface area contributed by atoms with Gasteiger partial charge >= 0.3 is 0 Å². The molecule has 0 bridgehead atoms. The Kier molecular flexibility index (Phi) is 3.77. The van der Waals surface area contributed by atoms with Crippen molar-refractivity contribution in [1.29, 1.82) is 0 Å². The van der Waals surface area contributed by atoms with Gasteiger partial charge in [0.2, 0.25) is 5.91 Å². The van der Waals surface area contributed by atoms with Crippen molar-refractivity contribution in [1.82, 2.24) is 14.9 Å². The third-order valence-electron chi connectivity index (χ3n) is 2.84. The van der Waals surface area contributed by atoms with Crippen LogP contribution in [0.25, 0.3) is 0 Å². The van der Waals surface area contributed by atoms with Crippen LogP contribution in [0.2, 0.25) is 0 Å². The minimum absolute atomic E-state index is 0.0928. The highest BCUT2D eigenvalue weighted by Gasteiger charge is 2.10. The summed E-state index contributed by atoms with van der Waals surface area (Å²) in [5.41, 5.74) is 2.24. The molecule has 1 N–H and O–H groups in total. The number of nitrogens with zero attached hydrogens (tertiary/aromatic N) is 2. The molecule has 1 heterocycles. The first-order valence-electron chi connectivity index (χ1n) is 5.93. The van der Waals surface area contributed by atoms with Gasteiger partial charge in [-0.25, -0.2) is 4.98 Å². The van der Waals surface area contributed by atoms with Crippen molar-refractivity contribution in [2.75, 3.05) is 7.05 Å². The third-order valence-corrected chi connectivity index (χ3v) is 2.84. The molecule has 18 heavy (non-hydrogen) atoms. The fourth-order valence-electron chi connectivity index (χ4n) is 1.71. The molecule has 0 saturated carbocycles.